The molecule has 0 fully saturated rings. The maximum absolute atomic E-state index is 2.44. The van der Waals surface area contributed by atoms with Crippen LogP contribution >= 0.6 is 0 Å². The molecule has 0 aromatic heterocycles. The van der Waals surface area contributed by atoms with Crippen LogP contribution in [0.5, 0.6) is 0 Å². The molecule has 0 aliphatic heterocycles. The van der Waals surface area contributed by atoms with Crippen molar-refractivity contribution >= 4 is 43.1 Å². The van der Waals surface area contributed by atoms with E-state index in [1.807, 2.05) is 0 Å². The van der Waals surface area contributed by atoms with E-state index in [2.05, 4.69) is 121 Å². The summed E-state index contributed by atoms with van der Waals surface area (Å²) < 4.78 is 0. The third kappa shape index (κ3) is 2.84. The molecule has 33 heavy (non-hydrogen) atoms. The maximum atomic E-state index is 2.44. The van der Waals surface area contributed by atoms with Crippen molar-refractivity contribution in [1.29, 1.82) is 0 Å². The van der Waals surface area contributed by atoms with Crippen LogP contribution in [0.1, 0.15) is 29.4 Å². The summed E-state index contributed by atoms with van der Waals surface area (Å²) in [6.45, 7) is 0. The Morgan fingerprint density at radius 2 is 0.970 bits per heavy atom. The summed E-state index contributed by atoms with van der Waals surface area (Å²) in [7, 11) is 0. The first kappa shape index (κ1) is 18.7. The molecule has 0 nitrogen and oxygen atoms in total. The van der Waals surface area contributed by atoms with E-state index in [1.54, 1.807) is 0 Å². The van der Waals surface area contributed by atoms with Crippen LogP contribution in [0.2, 0.25) is 0 Å². The molecular weight excluding hydrogens is 396 g/mol. The third-order valence-corrected chi connectivity index (χ3v) is 7.57. The van der Waals surface area contributed by atoms with E-state index in [0.29, 0.717) is 11.8 Å². The Morgan fingerprint density at radius 3 is 1.64 bits per heavy atom. The van der Waals surface area contributed by atoms with Crippen LogP contribution in [0, 0.1) is 0 Å². The van der Waals surface area contributed by atoms with Gasteiger partial charge in [0.25, 0.3) is 0 Å². The second kappa shape index (κ2) is 7.32. The van der Waals surface area contributed by atoms with Crippen molar-refractivity contribution < 1.29 is 0 Å². The monoisotopic (exact) mass is 420 g/mol. The second-order valence-electron chi connectivity index (χ2n) is 9.25. The van der Waals surface area contributed by atoms with Gasteiger partial charge in [-0.15, -0.1) is 0 Å². The topological polar surface area (TPSA) is 0 Å². The highest BCUT2D eigenvalue weighted by molar-refractivity contribution is 6.10. The zero-order valence-corrected chi connectivity index (χ0v) is 18.4. The number of rotatable bonds is 2. The van der Waals surface area contributed by atoms with E-state index in [1.165, 1.54) is 54.2 Å². The van der Waals surface area contributed by atoms with E-state index in [0.717, 1.165) is 6.42 Å². The molecule has 6 aromatic carbocycles. The summed E-state index contributed by atoms with van der Waals surface area (Å²) in [6.07, 6.45) is 5.91. The van der Waals surface area contributed by atoms with Gasteiger partial charge in [0.2, 0.25) is 0 Å². The lowest BCUT2D eigenvalue weighted by Crippen LogP contribution is -2.06. The molecule has 0 saturated carbocycles. The molecule has 6 aromatic rings. The lowest BCUT2D eigenvalue weighted by atomic mass is 9.79. The number of hydrogen-bond donors (Lipinski definition) is 0. The van der Waals surface area contributed by atoms with Gasteiger partial charge in [-0.25, -0.2) is 0 Å². The van der Waals surface area contributed by atoms with Gasteiger partial charge >= 0.3 is 0 Å². The number of fused-ring (bicyclic) bond motifs is 6. The molecule has 0 spiro atoms. The molecule has 156 valence electrons. The molecule has 7 rings (SSSR count). The fourth-order valence-electron chi connectivity index (χ4n) is 6.04. The van der Waals surface area contributed by atoms with Gasteiger partial charge in [0, 0.05) is 5.92 Å². The van der Waals surface area contributed by atoms with Crippen LogP contribution < -0.4 is 0 Å². The minimum Gasteiger partial charge on any atom is -0.0873 e. The highest BCUT2D eigenvalue weighted by Crippen LogP contribution is 2.46. The highest BCUT2D eigenvalue weighted by atomic mass is 14.3. The first-order valence-electron chi connectivity index (χ1n) is 11.9. The van der Waals surface area contributed by atoms with Crippen molar-refractivity contribution in [2.45, 2.75) is 18.3 Å². The zero-order valence-electron chi connectivity index (χ0n) is 18.4. The molecule has 0 N–H and O–H groups in total. The largest absolute Gasteiger partial charge is 0.0873 e. The van der Waals surface area contributed by atoms with Gasteiger partial charge < -0.3 is 0 Å². The first-order chi connectivity index (χ1) is 16.4. The molecule has 2 unspecified atom stereocenters. The van der Waals surface area contributed by atoms with Gasteiger partial charge in [-0.1, -0.05) is 121 Å². The van der Waals surface area contributed by atoms with Crippen LogP contribution in [0.3, 0.4) is 0 Å². The lowest BCUT2D eigenvalue weighted by Gasteiger charge is -2.24. The Kier molecular flexibility index (Phi) is 4.14. The average Bonchev–Trinajstić information content (AvgIpc) is 3.37. The minimum absolute atomic E-state index is 0.381. The maximum Gasteiger partial charge on any atom is 0.00960 e. The van der Waals surface area contributed by atoms with Crippen molar-refractivity contribution in [2.75, 3.05) is 0 Å². The molecule has 0 heterocycles. The van der Waals surface area contributed by atoms with E-state index in [-0.39, 0.29) is 0 Å². The predicted octanol–water partition coefficient (Wildman–Crippen LogP) is 9.13. The lowest BCUT2D eigenvalue weighted by molar-refractivity contribution is 0.674. The van der Waals surface area contributed by atoms with Gasteiger partial charge in [0.15, 0.2) is 0 Å². The van der Waals surface area contributed by atoms with Crippen LogP contribution in [0.25, 0.3) is 43.1 Å². The smallest absolute Gasteiger partial charge is 0.00960 e. The van der Waals surface area contributed by atoms with Crippen LogP contribution in [0.4, 0.5) is 0 Å². The molecule has 2 atom stereocenters. The summed E-state index contributed by atoms with van der Waals surface area (Å²) >= 11 is 0. The van der Waals surface area contributed by atoms with Crippen molar-refractivity contribution in [3.8, 4) is 0 Å². The summed E-state index contributed by atoms with van der Waals surface area (Å²) in [4.78, 5) is 0. The van der Waals surface area contributed by atoms with Crippen LogP contribution in [0.15, 0.2) is 121 Å². The Hall–Kier alpha value is -3.90. The standard InChI is InChI=1S/C33H24/c1-3-10-24-22(8-1)18-20-32-26(24)12-5-16-30(32)28-14-7-15-29(28)31-17-6-13-27-25-11-4-2-9-23(25)19-21-33(27)31/h1-14,16-21,28-29H,15H2. The summed E-state index contributed by atoms with van der Waals surface area (Å²) in [5.74, 6) is 0.832. The van der Waals surface area contributed by atoms with Crippen molar-refractivity contribution in [2.24, 2.45) is 0 Å². The van der Waals surface area contributed by atoms with E-state index >= 15 is 0 Å². The minimum atomic E-state index is 0.381. The fraction of sp³-hybridized carbons (Fsp3) is 0.0909. The van der Waals surface area contributed by atoms with Gasteiger partial charge in [-0.2, -0.15) is 0 Å². The quantitative estimate of drug-likeness (QED) is 0.193. The van der Waals surface area contributed by atoms with Crippen LogP contribution in [-0.2, 0) is 0 Å². The van der Waals surface area contributed by atoms with E-state index in [9.17, 15) is 0 Å². The molecule has 0 saturated heterocycles. The van der Waals surface area contributed by atoms with Gasteiger partial charge in [-0.3, -0.25) is 0 Å². The Morgan fingerprint density at radius 1 is 0.424 bits per heavy atom. The summed E-state index contributed by atoms with van der Waals surface area (Å²) in [6, 6.07) is 40.4. The van der Waals surface area contributed by atoms with Gasteiger partial charge in [0.05, 0.1) is 0 Å². The molecule has 0 heteroatoms. The summed E-state index contributed by atoms with van der Waals surface area (Å²) in [5, 5.41) is 10.8. The highest BCUT2D eigenvalue weighted by Gasteiger charge is 2.28. The number of allylic oxidation sites excluding steroid dienone is 2. The van der Waals surface area contributed by atoms with Crippen molar-refractivity contribution in [1.82, 2.24) is 0 Å². The molecule has 1 aliphatic carbocycles. The summed E-state index contributed by atoms with van der Waals surface area (Å²) in [5.41, 5.74) is 2.90. The SMILES string of the molecule is C1=CC(c2cccc3c2ccc2ccccc23)C(c2cccc3c2ccc2ccccc23)C1. The molecule has 0 radical (unpaired) electrons. The first-order valence-corrected chi connectivity index (χ1v) is 11.9. The Balaban J connectivity index is 1.42. The average molecular weight is 421 g/mol. The van der Waals surface area contributed by atoms with Crippen molar-refractivity contribution in [3.63, 3.8) is 0 Å². The fourth-order valence-corrected chi connectivity index (χ4v) is 6.04. The zero-order chi connectivity index (χ0) is 21.8. The van der Waals surface area contributed by atoms with Gasteiger partial charge in [-0.05, 0) is 66.6 Å². The Labute approximate surface area is 193 Å². The molecular formula is C33H24. The third-order valence-electron chi connectivity index (χ3n) is 7.57. The van der Waals surface area contributed by atoms with Gasteiger partial charge in [0.1, 0.15) is 0 Å². The Bertz CT molecular complexity index is 1700. The second-order valence-corrected chi connectivity index (χ2v) is 9.25. The van der Waals surface area contributed by atoms with E-state index < -0.39 is 0 Å². The normalized spacial score (nSPS) is 18.1. The number of benzene rings is 6. The van der Waals surface area contributed by atoms with E-state index in [4.69, 9.17) is 0 Å². The molecule has 0 amide bonds. The molecule has 0 bridgehead atoms. The number of hydrogen-bond acceptors (Lipinski definition) is 0. The van der Waals surface area contributed by atoms with Crippen molar-refractivity contribution in [3.05, 3.63) is 132 Å². The van der Waals surface area contributed by atoms with Crippen LogP contribution in [-0.4, -0.2) is 0 Å². The molecule has 1 aliphatic rings. The predicted molar refractivity (Wildman–Crippen MR) is 142 cm³/mol.